The Kier molecular flexibility index (Phi) is 5.30. The van der Waals surface area contributed by atoms with E-state index in [0.29, 0.717) is 36.8 Å². The fourth-order valence-electron chi connectivity index (χ4n) is 2.57. The highest BCUT2D eigenvalue weighted by molar-refractivity contribution is 5.99. The molecule has 1 aromatic carbocycles. The Hall–Kier alpha value is -2.87. The summed E-state index contributed by atoms with van der Waals surface area (Å²) in [5, 5.41) is 6.92. The number of nitrogens with zero attached hydrogens (tertiary/aromatic N) is 3. The van der Waals surface area contributed by atoms with Gasteiger partial charge in [0.25, 0.3) is 5.91 Å². The van der Waals surface area contributed by atoms with Crippen LogP contribution in [0, 0.1) is 0 Å². The summed E-state index contributed by atoms with van der Waals surface area (Å²) in [4.78, 5) is 25.8. The molecule has 0 fully saturated rings. The summed E-state index contributed by atoms with van der Waals surface area (Å²) < 4.78 is 12.1. The molecule has 1 N–H and O–H groups in total. The van der Waals surface area contributed by atoms with Crippen LogP contribution in [0.4, 0.5) is 11.4 Å². The number of nitrogens with one attached hydrogen (secondary N) is 1. The van der Waals surface area contributed by atoms with Gasteiger partial charge in [-0.05, 0) is 12.1 Å². The zero-order valence-corrected chi connectivity index (χ0v) is 14.0. The summed E-state index contributed by atoms with van der Waals surface area (Å²) in [5.74, 6) is 0.323. The van der Waals surface area contributed by atoms with E-state index in [-0.39, 0.29) is 24.8 Å². The third-order valence-electron chi connectivity index (χ3n) is 3.81. The van der Waals surface area contributed by atoms with E-state index in [4.69, 9.17) is 9.47 Å². The van der Waals surface area contributed by atoms with Crippen LogP contribution in [0.1, 0.15) is 6.42 Å². The fourth-order valence-corrected chi connectivity index (χ4v) is 2.57. The zero-order chi connectivity index (χ0) is 17.6. The first kappa shape index (κ1) is 17.0. The molecule has 2 amide bonds. The van der Waals surface area contributed by atoms with Crippen molar-refractivity contribution >= 4 is 23.2 Å². The van der Waals surface area contributed by atoms with Crippen molar-refractivity contribution in [2.45, 2.75) is 13.0 Å². The molecular weight excluding hydrogens is 324 g/mol. The van der Waals surface area contributed by atoms with Crippen LogP contribution in [0.3, 0.4) is 0 Å². The Morgan fingerprint density at radius 2 is 2.20 bits per heavy atom. The summed E-state index contributed by atoms with van der Waals surface area (Å²) >= 11 is 0. The van der Waals surface area contributed by atoms with Gasteiger partial charge in [0.1, 0.15) is 5.75 Å². The van der Waals surface area contributed by atoms with Crippen LogP contribution < -0.4 is 15.0 Å². The van der Waals surface area contributed by atoms with Crippen molar-refractivity contribution in [3.8, 4) is 5.75 Å². The van der Waals surface area contributed by atoms with Crippen LogP contribution in [0.2, 0.25) is 0 Å². The summed E-state index contributed by atoms with van der Waals surface area (Å²) in [6.07, 6.45) is 3.51. The van der Waals surface area contributed by atoms with Gasteiger partial charge < -0.3 is 19.7 Å². The van der Waals surface area contributed by atoms with Crippen molar-refractivity contribution in [3.05, 3.63) is 36.7 Å². The quantitative estimate of drug-likeness (QED) is 0.818. The Labute approximate surface area is 145 Å². The molecule has 0 spiro atoms. The Morgan fingerprint density at radius 3 is 3.04 bits per heavy atom. The van der Waals surface area contributed by atoms with E-state index in [1.165, 1.54) is 0 Å². The van der Waals surface area contributed by atoms with Gasteiger partial charge in [0, 0.05) is 26.3 Å². The zero-order valence-electron chi connectivity index (χ0n) is 14.0. The molecule has 1 aliphatic heterocycles. The molecule has 8 nitrogen and oxygen atoms in total. The summed E-state index contributed by atoms with van der Waals surface area (Å²) in [7, 11) is 1.62. The third kappa shape index (κ3) is 4.16. The van der Waals surface area contributed by atoms with Crippen LogP contribution in [0.25, 0.3) is 0 Å². The SMILES string of the molecule is COCCn1cc(NC(=O)CCN2C(=O)COc3ccccc32)cn1. The maximum atomic E-state index is 12.2. The van der Waals surface area contributed by atoms with Crippen molar-refractivity contribution in [2.75, 3.05) is 37.1 Å². The second-order valence-electron chi connectivity index (χ2n) is 5.58. The highest BCUT2D eigenvalue weighted by Gasteiger charge is 2.25. The monoisotopic (exact) mass is 344 g/mol. The fraction of sp³-hybridized carbons (Fsp3) is 0.353. The number of hydrogen-bond acceptors (Lipinski definition) is 5. The second-order valence-corrected chi connectivity index (χ2v) is 5.58. The summed E-state index contributed by atoms with van der Waals surface area (Å²) in [6, 6.07) is 7.30. The lowest BCUT2D eigenvalue weighted by atomic mass is 10.2. The molecule has 0 atom stereocenters. The molecule has 2 aromatic rings. The third-order valence-corrected chi connectivity index (χ3v) is 3.81. The number of methoxy groups -OCH3 is 1. The van der Waals surface area contributed by atoms with Gasteiger partial charge >= 0.3 is 0 Å². The van der Waals surface area contributed by atoms with Crippen LogP contribution in [-0.4, -0.2) is 48.5 Å². The predicted octanol–water partition coefficient (Wildman–Crippen LogP) is 1.28. The van der Waals surface area contributed by atoms with Crippen molar-refractivity contribution < 1.29 is 19.1 Å². The molecule has 1 aromatic heterocycles. The number of aromatic nitrogens is 2. The minimum Gasteiger partial charge on any atom is -0.482 e. The minimum atomic E-state index is -0.178. The lowest BCUT2D eigenvalue weighted by Crippen LogP contribution is -2.40. The first-order valence-electron chi connectivity index (χ1n) is 8.01. The minimum absolute atomic E-state index is 0.00903. The number of anilines is 2. The maximum Gasteiger partial charge on any atom is 0.265 e. The van der Waals surface area contributed by atoms with E-state index < -0.39 is 0 Å². The van der Waals surface area contributed by atoms with Gasteiger partial charge in [0.2, 0.25) is 5.91 Å². The summed E-state index contributed by atoms with van der Waals surface area (Å²) in [6.45, 7) is 1.45. The van der Waals surface area contributed by atoms with Gasteiger partial charge in [-0.2, -0.15) is 5.10 Å². The smallest absolute Gasteiger partial charge is 0.265 e. The Bertz CT molecular complexity index is 759. The van der Waals surface area contributed by atoms with Gasteiger partial charge in [0.15, 0.2) is 6.61 Å². The van der Waals surface area contributed by atoms with Crippen LogP contribution in [0.5, 0.6) is 5.75 Å². The van der Waals surface area contributed by atoms with E-state index in [1.807, 2.05) is 24.3 Å². The highest BCUT2D eigenvalue weighted by atomic mass is 16.5. The van der Waals surface area contributed by atoms with Crippen molar-refractivity contribution in [1.29, 1.82) is 0 Å². The average Bonchev–Trinajstić information content (AvgIpc) is 3.06. The number of carbonyl (C=O) groups excluding carboxylic acids is 2. The molecule has 3 rings (SSSR count). The topological polar surface area (TPSA) is 85.7 Å². The van der Waals surface area contributed by atoms with Crippen LogP contribution in [-0.2, 0) is 20.9 Å². The lowest BCUT2D eigenvalue weighted by Gasteiger charge is -2.29. The number of amides is 2. The molecule has 132 valence electrons. The van der Waals surface area contributed by atoms with Crippen molar-refractivity contribution in [1.82, 2.24) is 9.78 Å². The lowest BCUT2D eigenvalue weighted by molar-refractivity contribution is -0.121. The van der Waals surface area contributed by atoms with E-state index in [1.54, 1.807) is 29.1 Å². The highest BCUT2D eigenvalue weighted by Crippen LogP contribution is 2.31. The molecule has 0 radical (unpaired) electrons. The number of hydrogen-bond donors (Lipinski definition) is 1. The Morgan fingerprint density at radius 1 is 1.36 bits per heavy atom. The number of ether oxygens (including phenoxy) is 2. The van der Waals surface area contributed by atoms with E-state index in [2.05, 4.69) is 10.4 Å². The standard InChI is InChI=1S/C17H20N4O4/c1-24-9-8-20-11-13(10-18-20)19-16(22)6-7-21-14-4-2-3-5-15(14)25-12-17(21)23/h2-5,10-11H,6-9,12H2,1H3,(H,19,22). The Balaban J connectivity index is 1.55. The number of fused-ring (bicyclic) bond motifs is 1. The van der Waals surface area contributed by atoms with E-state index in [0.717, 1.165) is 0 Å². The van der Waals surface area contributed by atoms with E-state index in [9.17, 15) is 9.59 Å². The molecular formula is C17H20N4O4. The molecule has 0 saturated heterocycles. The molecule has 0 aliphatic carbocycles. The first-order chi connectivity index (χ1) is 12.2. The number of benzene rings is 1. The summed E-state index contributed by atoms with van der Waals surface area (Å²) in [5.41, 5.74) is 1.31. The largest absolute Gasteiger partial charge is 0.482 e. The molecule has 0 unspecified atom stereocenters. The molecule has 0 bridgehead atoms. The van der Waals surface area contributed by atoms with Gasteiger partial charge in [-0.25, -0.2) is 0 Å². The average molecular weight is 344 g/mol. The normalized spacial score (nSPS) is 13.3. The van der Waals surface area contributed by atoms with E-state index >= 15 is 0 Å². The number of para-hydroxylation sites is 2. The second kappa shape index (κ2) is 7.80. The first-order valence-corrected chi connectivity index (χ1v) is 8.01. The number of rotatable bonds is 7. The van der Waals surface area contributed by atoms with Crippen molar-refractivity contribution in [2.24, 2.45) is 0 Å². The molecule has 8 heteroatoms. The van der Waals surface area contributed by atoms with Gasteiger partial charge in [-0.3, -0.25) is 14.3 Å². The van der Waals surface area contributed by atoms with Gasteiger partial charge in [-0.15, -0.1) is 0 Å². The van der Waals surface area contributed by atoms with Crippen molar-refractivity contribution in [3.63, 3.8) is 0 Å². The van der Waals surface area contributed by atoms with Crippen LogP contribution in [0.15, 0.2) is 36.7 Å². The maximum absolute atomic E-state index is 12.2. The predicted molar refractivity (Wildman–Crippen MR) is 91.6 cm³/mol. The molecule has 2 heterocycles. The molecule has 1 aliphatic rings. The van der Waals surface area contributed by atoms with Crippen LogP contribution >= 0.6 is 0 Å². The van der Waals surface area contributed by atoms with Gasteiger partial charge in [0.05, 0.1) is 30.7 Å². The molecule has 25 heavy (non-hydrogen) atoms. The number of carbonyl (C=O) groups is 2. The van der Waals surface area contributed by atoms with Gasteiger partial charge in [-0.1, -0.05) is 12.1 Å². The molecule has 0 saturated carbocycles.